The molecule has 0 spiro atoms. The van der Waals surface area contributed by atoms with Crippen LogP contribution in [0.15, 0.2) is 11.8 Å². The lowest BCUT2D eigenvalue weighted by Gasteiger charge is -2.34. The van der Waals surface area contributed by atoms with Crippen LogP contribution in [0.2, 0.25) is 0 Å². The van der Waals surface area contributed by atoms with Gasteiger partial charge in [0.05, 0.1) is 0 Å². The number of hydrogen-bond donors (Lipinski definition) is 1. The molecule has 0 amide bonds. The summed E-state index contributed by atoms with van der Waals surface area (Å²) in [5, 5.41) is 0. The molecule has 0 saturated carbocycles. The minimum Gasteiger partial charge on any atom is -0.375 e. The number of piperidine rings is 1. The summed E-state index contributed by atoms with van der Waals surface area (Å²) in [6.45, 7) is 2.38. The van der Waals surface area contributed by atoms with Gasteiger partial charge in [0.2, 0.25) is 0 Å². The second kappa shape index (κ2) is 5.55. The van der Waals surface area contributed by atoms with Crippen molar-refractivity contribution in [3.63, 3.8) is 0 Å². The highest BCUT2D eigenvalue weighted by molar-refractivity contribution is 5.03. The molecule has 0 radical (unpaired) electrons. The molecule has 0 aromatic rings. The Bertz CT molecular complexity index is 215. The normalized spacial score (nSPS) is 25.7. The van der Waals surface area contributed by atoms with Crippen LogP contribution in [0.5, 0.6) is 0 Å². The Morgan fingerprint density at radius 3 is 2.60 bits per heavy atom. The van der Waals surface area contributed by atoms with E-state index in [0.29, 0.717) is 6.04 Å². The van der Waals surface area contributed by atoms with Crippen molar-refractivity contribution in [3.8, 4) is 0 Å². The zero-order valence-electron chi connectivity index (χ0n) is 9.75. The molecule has 1 aliphatic carbocycles. The van der Waals surface area contributed by atoms with Crippen LogP contribution in [0.3, 0.4) is 0 Å². The van der Waals surface area contributed by atoms with Crippen molar-refractivity contribution in [2.75, 3.05) is 13.1 Å². The first-order chi connectivity index (χ1) is 7.36. The number of nitrogens with zero attached hydrogens (tertiary/aromatic N) is 1. The lowest BCUT2D eigenvalue weighted by molar-refractivity contribution is 0.253. The SMILES string of the molecule is NC1CCN(C2=CCCCCCC2)CC1. The Hall–Kier alpha value is -0.500. The van der Waals surface area contributed by atoms with Crippen LogP contribution in [-0.2, 0) is 0 Å². The molecule has 1 fully saturated rings. The monoisotopic (exact) mass is 208 g/mol. The van der Waals surface area contributed by atoms with Gasteiger partial charge in [0.1, 0.15) is 0 Å². The van der Waals surface area contributed by atoms with E-state index in [4.69, 9.17) is 5.73 Å². The van der Waals surface area contributed by atoms with Crippen LogP contribution in [0.1, 0.15) is 51.4 Å². The quantitative estimate of drug-likeness (QED) is 0.718. The van der Waals surface area contributed by atoms with Crippen LogP contribution >= 0.6 is 0 Å². The van der Waals surface area contributed by atoms with Gasteiger partial charge in [-0.3, -0.25) is 0 Å². The predicted octanol–water partition coefficient (Wildman–Crippen LogP) is 2.65. The molecule has 2 N–H and O–H groups in total. The van der Waals surface area contributed by atoms with Gasteiger partial charge in [-0.2, -0.15) is 0 Å². The molecule has 1 aliphatic heterocycles. The van der Waals surface area contributed by atoms with Crippen LogP contribution in [0.4, 0.5) is 0 Å². The van der Waals surface area contributed by atoms with Crippen molar-refractivity contribution in [2.45, 2.75) is 57.4 Å². The van der Waals surface area contributed by atoms with E-state index in [-0.39, 0.29) is 0 Å². The van der Waals surface area contributed by atoms with E-state index in [1.54, 1.807) is 5.70 Å². The number of likely N-dealkylation sites (tertiary alicyclic amines) is 1. The van der Waals surface area contributed by atoms with Crippen LogP contribution < -0.4 is 5.73 Å². The molecule has 15 heavy (non-hydrogen) atoms. The molecule has 2 nitrogen and oxygen atoms in total. The summed E-state index contributed by atoms with van der Waals surface area (Å²) in [4.78, 5) is 2.58. The van der Waals surface area contributed by atoms with Gasteiger partial charge in [-0.05, 0) is 38.5 Å². The molecule has 2 heteroatoms. The van der Waals surface area contributed by atoms with Gasteiger partial charge in [0.15, 0.2) is 0 Å². The molecular formula is C13H24N2. The van der Waals surface area contributed by atoms with Crippen molar-refractivity contribution in [1.82, 2.24) is 4.90 Å². The summed E-state index contributed by atoms with van der Waals surface area (Å²) in [6, 6.07) is 0.454. The Kier molecular flexibility index (Phi) is 4.07. The summed E-state index contributed by atoms with van der Waals surface area (Å²) in [5.41, 5.74) is 7.55. The minimum atomic E-state index is 0.454. The van der Waals surface area contributed by atoms with E-state index in [1.807, 2.05) is 0 Å². The maximum atomic E-state index is 5.94. The first-order valence-electron chi connectivity index (χ1n) is 6.56. The van der Waals surface area contributed by atoms with Crippen molar-refractivity contribution < 1.29 is 0 Å². The zero-order valence-corrected chi connectivity index (χ0v) is 9.75. The fourth-order valence-electron chi connectivity index (χ4n) is 2.65. The highest BCUT2D eigenvalue weighted by Gasteiger charge is 2.17. The molecule has 0 bridgehead atoms. The molecule has 0 aromatic carbocycles. The molecule has 2 rings (SSSR count). The maximum Gasteiger partial charge on any atom is 0.0189 e. The Labute approximate surface area is 93.5 Å². The number of nitrogens with two attached hydrogens (primary N) is 1. The third-order valence-corrected chi connectivity index (χ3v) is 3.71. The van der Waals surface area contributed by atoms with Gasteiger partial charge in [-0.15, -0.1) is 0 Å². The highest BCUT2D eigenvalue weighted by Crippen LogP contribution is 2.22. The smallest absolute Gasteiger partial charge is 0.0189 e. The Morgan fingerprint density at radius 2 is 1.80 bits per heavy atom. The highest BCUT2D eigenvalue weighted by atomic mass is 15.1. The Morgan fingerprint density at radius 1 is 1.07 bits per heavy atom. The summed E-state index contributed by atoms with van der Waals surface area (Å²) in [7, 11) is 0. The van der Waals surface area contributed by atoms with Crippen molar-refractivity contribution in [2.24, 2.45) is 5.73 Å². The number of allylic oxidation sites excluding steroid dienone is 2. The lowest BCUT2D eigenvalue weighted by atomic mass is 10.00. The third kappa shape index (κ3) is 3.23. The fraction of sp³-hybridized carbons (Fsp3) is 0.846. The molecule has 0 atom stereocenters. The average molecular weight is 208 g/mol. The largest absolute Gasteiger partial charge is 0.375 e. The van der Waals surface area contributed by atoms with Crippen LogP contribution in [0, 0.1) is 0 Å². The number of rotatable bonds is 1. The number of hydrogen-bond acceptors (Lipinski definition) is 2. The molecule has 0 aromatic heterocycles. The molecular weight excluding hydrogens is 184 g/mol. The maximum absolute atomic E-state index is 5.94. The van der Waals surface area contributed by atoms with Gasteiger partial charge in [-0.25, -0.2) is 0 Å². The zero-order chi connectivity index (χ0) is 10.5. The second-order valence-corrected chi connectivity index (χ2v) is 4.97. The summed E-state index contributed by atoms with van der Waals surface area (Å²) in [5.74, 6) is 0. The molecule has 86 valence electrons. The Balaban J connectivity index is 1.89. The van der Waals surface area contributed by atoms with Gasteiger partial charge >= 0.3 is 0 Å². The van der Waals surface area contributed by atoms with Crippen molar-refractivity contribution >= 4 is 0 Å². The molecule has 1 saturated heterocycles. The first kappa shape index (κ1) is 11.0. The molecule has 2 aliphatic rings. The average Bonchev–Trinajstić information content (AvgIpc) is 2.19. The van der Waals surface area contributed by atoms with E-state index in [0.717, 1.165) is 0 Å². The molecule has 0 unspecified atom stereocenters. The summed E-state index contributed by atoms with van der Waals surface area (Å²) in [6.07, 6.45) is 13.0. The third-order valence-electron chi connectivity index (χ3n) is 3.71. The van der Waals surface area contributed by atoms with E-state index < -0.39 is 0 Å². The van der Waals surface area contributed by atoms with E-state index in [9.17, 15) is 0 Å². The topological polar surface area (TPSA) is 29.3 Å². The van der Waals surface area contributed by atoms with Crippen molar-refractivity contribution in [1.29, 1.82) is 0 Å². The predicted molar refractivity (Wildman–Crippen MR) is 64.6 cm³/mol. The standard InChI is InChI=1S/C13H24N2/c14-12-8-10-15(11-9-12)13-6-4-2-1-3-5-7-13/h6,12H,1-5,7-11,14H2. The van der Waals surface area contributed by atoms with Gasteiger partial charge < -0.3 is 10.6 Å². The fourth-order valence-corrected chi connectivity index (χ4v) is 2.65. The van der Waals surface area contributed by atoms with Gasteiger partial charge in [0, 0.05) is 24.8 Å². The molecule has 1 heterocycles. The summed E-state index contributed by atoms with van der Waals surface area (Å²) >= 11 is 0. The lowest BCUT2D eigenvalue weighted by Crippen LogP contribution is -2.39. The van der Waals surface area contributed by atoms with E-state index in [1.165, 1.54) is 64.5 Å². The van der Waals surface area contributed by atoms with Gasteiger partial charge in [-0.1, -0.05) is 18.9 Å². The summed E-state index contributed by atoms with van der Waals surface area (Å²) < 4.78 is 0. The van der Waals surface area contributed by atoms with Crippen LogP contribution in [-0.4, -0.2) is 24.0 Å². The van der Waals surface area contributed by atoms with Crippen molar-refractivity contribution in [3.05, 3.63) is 11.8 Å². The van der Waals surface area contributed by atoms with Gasteiger partial charge in [0.25, 0.3) is 0 Å². The second-order valence-electron chi connectivity index (χ2n) is 4.97. The van der Waals surface area contributed by atoms with E-state index >= 15 is 0 Å². The van der Waals surface area contributed by atoms with E-state index in [2.05, 4.69) is 11.0 Å². The first-order valence-corrected chi connectivity index (χ1v) is 6.56. The van der Waals surface area contributed by atoms with Crippen LogP contribution in [0.25, 0.3) is 0 Å². The minimum absolute atomic E-state index is 0.454.